The Labute approximate surface area is 246 Å². The van der Waals surface area contributed by atoms with Gasteiger partial charge < -0.3 is 20.1 Å². The van der Waals surface area contributed by atoms with Crippen LogP contribution in [0.3, 0.4) is 0 Å². The first-order chi connectivity index (χ1) is 19.2. The van der Waals surface area contributed by atoms with Gasteiger partial charge in [-0.25, -0.2) is 4.79 Å². The Morgan fingerprint density at radius 2 is 1.63 bits per heavy atom. The van der Waals surface area contributed by atoms with Crippen LogP contribution >= 0.6 is 0 Å². The molecule has 4 unspecified atom stereocenters. The quantitative estimate of drug-likeness (QED) is 0.376. The van der Waals surface area contributed by atoms with E-state index >= 15 is 0 Å². The minimum atomic E-state index is -1.39. The molecule has 1 saturated carbocycles. The fourth-order valence-electron chi connectivity index (χ4n) is 7.51. The number of ether oxygens (including phenoxy) is 1. The molecule has 2 aromatic rings. The van der Waals surface area contributed by atoms with E-state index in [4.69, 9.17) is 4.74 Å². The summed E-state index contributed by atoms with van der Waals surface area (Å²) in [7, 11) is 1.68. The fourth-order valence-corrected chi connectivity index (χ4v) is 7.51. The molecule has 4 atom stereocenters. The number of hydrogen-bond acceptors (Lipinski definition) is 4. The lowest BCUT2D eigenvalue weighted by atomic mass is 9.67. The van der Waals surface area contributed by atoms with Crippen LogP contribution in [-0.4, -0.2) is 40.6 Å². The smallest absolute Gasteiger partial charge is 0.329 e. The second-order valence-electron chi connectivity index (χ2n) is 14.4. The van der Waals surface area contributed by atoms with Crippen LogP contribution in [0.15, 0.2) is 48.5 Å². The number of carbonyl (C=O) groups is 2. The summed E-state index contributed by atoms with van der Waals surface area (Å²) in [5, 5.41) is 14.8. The third-order valence-electron chi connectivity index (χ3n) is 9.46. The first-order valence-corrected chi connectivity index (χ1v) is 15.2. The van der Waals surface area contributed by atoms with Crippen LogP contribution in [0.25, 0.3) is 0 Å². The number of aliphatic carboxylic acids is 1. The third-order valence-corrected chi connectivity index (χ3v) is 9.46. The minimum absolute atomic E-state index is 0.0192. The molecule has 224 valence electrons. The van der Waals surface area contributed by atoms with Crippen LogP contribution in [0.1, 0.15) is 103 Å². The maximum Gasteiger partial charge on any atom is 0.329 e. The molecule has 1 amide bonds. The van der Waals surface area contributed by atoms with Gasteiger partial charge >= 0.3 is 5.97 Å². The van der Waals surface area contributed by atoms with E-state index in [2.05, 4.69) is 59.0 Å². The van der Waals surface area contributed by atoms with E-state index in [1.807, 2.05) is 36.4 Å². The molecule has 0 radical (unpaired) electrons. The molecule has 2 aromatic carbocycles. The van der Waals surface area contributed by atoms with Crippen molar-refractivity contribution in [2.45, 2.75) is 110 Å². The molecule has 0 aromatic heterocycles. The van der Waals surface area contributed by atoms with Gasteiger partial charge in [-0.2, -0.15) is 0 Å². The van der Waals surface area contributed by atoms with Crippen molar-refractivity contribution in [1.82, 2.24) is 10.2 Å². The Morgan fingerprint density at radius 1 is 1.00 bits per heavy atom. The van der Waals surface area contributed by atoms with Gasteiger partial charge in [-0.05, 0) is 47.8 Å². The Hall–Kier alpha value is -2.86. The van der Waals surface area contributed by atoms with Crippen LogP contribution in [0.4, 0.5) is 0 Å². The van der Waals surface area contributed by atoms with Crippen LogP contribution in [0.2, 0.25) is 0 Å². The van der Waals surface area contributed by atoms with Gasteiger partial charge in [0.25, 0.3) is 0 Å². The van der Waals surface area contributed by atoms with Gasteiger partial charge in [0.2, 0.25) is 5.91 Å². The number of methoxy groups -OCH3 is 1. The molecule has 2 aliphatic rings. The summed E-state index contributed by atoms with van der Waals surface area (Å²) >= 11 is 0. The van der Waals surface area contributed by atoms with Crippen LogP contribution in [-0.2, 0) is 21.5 Å². The van der Waals surface area contributed by atoms with Gasteiger partial charge in [-0.15, -0.1) is 0 Å². The van der Waals surface area contributed by atoms with Crippen LogP contribution in [0.5, 0.6) is 5.75 Å². The summed E-state index contributed by atoms with van der Waals surface area (Å²) in [5.41, 5.74) is 1.37. The predicted octanol–water partition coefficient (Wildman–Crippen LogP) is 7.12. The first kappa shape index (κ1) is 31.1. The molecule has 2 fully saturated rings. The lowest BCUT2D eigenvalue weighted by Gasteiger charge is -2.43. The maximum absolute atomic E-state index is 14.5. The van der Waals surface area contributed by atoms with Crippen molar-refractivity contribution in [2.24, 2.45) is 17.3 Å². The van der Waals surface area contributed by atoms with E-state index in [9.17, 15) is 14.7 Å². The number of benzene rings is 2. The second kappa shape index (κ2) is 11.8. The zero-order valence-corrected chi connectivity index (χ0v) is 26.3. The third kappa shape index (κ3) is 6.04. The number of carboxylic acid groups (broad SMARTS) is 1. The summed E-state index contributed by atoms with van der Waals surface area (Å²) in [6.07, 6.45) is 4.80. The Bertz CT molecular complexity index is 1220. The number of amides is 1. The minimum Gasteiger partial charge on any atom is -0.496 e. The zero-order valence-electron chi connectivity index (χ0n) is 26.3. The Morgan fingerprint density at radius 3 is 2.17 bits per heavy atom. The van der Waals surface area contributed by atoms with Gasteiger partial charge in [0.05, 0.1) is 13.2 Å². The van der Waals surface area contributed by atoms with E-state index in [1.165, 1.54) is 5.56 Å². The lowest BCUT2D eigenvalue weighted by Crippen LogP contribution is -2.59. The summed E-state index contributed by atoms with van der Waals surface area (Å²) in [4.78, 5) is 29.6. The molecule has 1 heterocycles. The standard InChI is InChI=1S/C35H50N2O4/c1-33(2,3)26-19-20-27(41-8)25(21-26)22-36-28-29(23-15-11-9-12-16-23)37(31(38)24-17-13-10-14-18-24)35(7,32(39)40)30(28)34(4,5)6/h9,11-12,15-16,19-21,24,28-30,36H,10,13-14,17-18,22H2,1-8H3,(H,39,40). The second-order valence-corrected chi connectivity index (χ2v) is 14.4. The van der Waals surface area contributed by atoms with Crippen molar-refractivity contribution in [3.8, 4) is 5.75 Å². The normalized spacial score (nSPS) is 25.8. The van der Waals surface area contributed by atoms with Crippen molar-refractivity contribution in [3.05, 3.63) is 65.2 Å². The number of hydrogen-bond donors (Lipinski definition) is 2. The van der Waals surface area contributed by atoms with Gasteiger partial charge in [0.15, 0.2) is 0 Å². The number of likely N-dealkylation sites (tertiary alicyclic amines) is 1. The summed E-state index contributed by atoms with van der Waals surface area (Å²) in [6.45, 7) is 15.2. The molecule has 6 heteroatoms. The number of rotatable bonds is 7. The summed E-state index contributed by atoms with van der Waals surface area (Å²) in [6, 6.07) is 15.6. The van der Waals surface area contributed by atoms with Crippen molar-refractivity contribution >= 4 is 11.9 Å². The molecule has 2 N–H and O–H groups in total. The lowest BCUT2D eigenvalue weighted by molar-refractivity contribution is -0.163. The highest BCUT2D eigenvalue weighted by Gasteiger charge is 2.65. The zero-order chi connectivity index (χ0) is 30.2. The molecule has 1 aliphatic carbocycles. The molecule has 1 saturated heterocycles. The van der Waals surface area contributed by atoms with E-state index in [1.54, 1.807) is 18.9 Å². The topological polar surface area (TPSA) is 78.9 Å². The molecular formula is C35H50N2O4. The highest BCUT2D eigenvalue weighted by molar-refractivity contribution is 5.90. The van der Waals surface area contributed by atoms with Gasteiger partial charge in [-0.3, -0.25) is 4.79 Å². The maximum atomic E-state index is 14.5. The van der Waals surface area contributed by atoms with Gasteiger partial charge in [0, 0.05) is 30.0 Å². The number of carboxylic acids is 1. The fraction of sp³-hybridized carbons (Fsp3) is 0.600. The molecule has 4 rings (SSSR count). The number of carbonyl (C=O) groups excluding carboxylic acids is 1. The van der Waals surface area contributed by atoms with E-state index in [0.29, 0.717) is 6.54 Å². The predicted molar refractivity (Wildman–Crippen MR) is 164 cm³/mol. The summed E-state index contributed by atoms with van der Waals surface area (Å²) < 4.78 is 5.75. The molecule has 1 aliphatic heterocycles. The Kier molecular flexibility index (Phi) is 8.94. The molecule has 0 spiro atoms. The van der Waals surface area contributed by atoms with E-state index < -0.39 is 23.0 Å². The van der Waals surface area contributed by atoms with Gasteiger partial charge in [-0.1, -0.05) is 103 Å². The van der Waals surface area contributed by atoms with Crippen LogP contribution in [0, 0.1) is 17.3 Å². The van der Waals surface area contributed by atoms with Gasteiger partial charge in [0.1, 0.15) is 11.3 Å². The highest BCUT2D eigenvalue weighted by Crippen LogP contribution is 2.54. The van der Waals surface area contributed by atoms with Crippen molar-refractivity contribution in [1.29, 1.82) is 0 Å². The average molecular weight is 563 g/mol. The number of nitrogens with zero attached hydrogens (tertiary/aromatic N) is 1. The van der Waals surface area contributed by atoms with Crippen LogP contribution < -0.4 is 10.1 Å². The van der Waals surface area contributed by atoms with E-state index in [0.717, 1.165) is 49.0 Å². The first-order valence-electron chi connectivity index (χ1n) is 15.2. The van der Waals surface area contributed by atoms with E-state index in [-0.39, 0.29) is 29.2 Å². The van der Waals surface area contributed by atoms with Crippen molar-refractivity contribution in [2.75, 3.05) is 7.11 Å². The number of nitrogens with one attached hydrogen (secondary N) is 1. The molecule has 6 nitrogen and oxygen atoms in total. The SMILES string of the molecule is COc1ccc(C(C)(C)C)cc1CNC1C(c2ccccc2)N(C(=O)C2CCCCC2)C(C)(C(=O)O)C1C(C)(C)C. The Balaban J connectivity index is 1.86. The highest BCUT2D eigenvalue weighted by atomic mass is 16.5. The van der Waals surface area contributed by atoms with Crippen molar-refractivity contribution < 1.29 is 19.4 Å². The summed E-state index contributed by atoms with van der Waals surface area (Å²) in [5.74, 6) is -0.671. The molecule has 41 heavy (non-hydrogen) atoms. The average Bonchev–Trinajstić information content (AvgIpc) is 3.21. The largest absolute Gasteiger partial charge is 0.496 e. The van der Waals surface area contributed by atoms with Crippen molar-refractivity contribution in [3.63, 3.8) is 0 Å². The monoisotopic (exact) mass is 562 g/mol. The molecule has 0 bridgehead atoms. The molecular weight excluding hydrogens is 512 g/mol.